The summed E-state index contributed by atoms with van der Waals surface area (Å²) in [7, 11) is 11.3. The lowest BCUT2D eigenvalue weighted by Gasteiger charge is -2.26. The van der Waals surface area contributed by atoms with Crippen LogP contribution in [-0.2, 0) is 11.8 Å². The molecule has 0 aliphatic heterocycles. The van der Waals surface area contributed by atoms with Crippen molar-refractivity contribution in [3.63, 3.8) is 0 Å². The largest absolute Gasteiger partial charge is 0.497 e. The van der Waals surface area contributed by atoms with E-state index in [0.717, 1.165) is 52.3 Å². The number of benzene rings is 2. The van der Waals surface area contributed by atoms with Gasteiger partial charge in [0, 0.05) is 62.7 Å². The van der Waals surface area contributed by atoms with E-state index in [1.54, 1.807) is 20.4 Å². The molecule has 210 valence electrons. The van der Waals surface area contributed by atoms with Crippen LogP contribution < -0.4 is 25.0 Å². The summed E-state index contributed by atoms with van der Waals surface area (Å²) in [5, 5.41) is 7.29. The van der Waals surface area contributed by atoms with Gasteiger partial charge < -0.3 is 34.5 Å². The van der Waals surface area contributed by atoms with Crippen LogP contribution in [0.1, 0.15) is 5.56 Å². The van der Waals surface area contributed by atoms with Gasteiger partial charge in [-0.2, -0.15) is 0 Å². The number of rotatable bonds is 11. The molecular weight excluding hydrogens is 506 g/mol. The maximum atomic E-state index is 12.3. The van der Waals surface area contributed by atoms with Crippen LogP contribution in [0.25, 0.3) is 22.2 Å². The van der Waals surface area contributed by atoms with Crippen LogP contribution in [0.2, 0.25) is 0 Å². The molecule has 10 heteroatoms. The minimum Gasteiger partial charge on any atom is -0.497 e. The molecule has 0 saturated carbocycles. The van der Waals surface area contributed by atoms with Gasteiger partial charge in [0.05, 0.1) is 42.5 Å². The van der Waals surface area contributed by atoms with E-state index < -0.39 is 0 Å². The van der Waals surface area contributed by atoms with Crippen molar-refractivity contribution in [2.75, 3.05) is 64.0 Å². The second kappa shape index (κ2) is 12.1. The molecule has 0 aliphatic rings. The lowest BCUT2D eigenvalue weighted by Crippen LogP contribution is -2.29. The Hall–Kier alpha value is -4.57. The number of hydrogen-bond donors (Lipinski definition) is 2. The summed E-state index contributed by atoms with van der Waals surface area (Å²) in [4.78, 5) is 25.9. The molecule has 2 aromatic heterocycles. The van der Waals surface area contributed by atoms with Gasteiger partial charge in [-0.15, -0.1) is 0 Å². The molecule has 40 heavy (non-hydrogen) atoms. The fourth-order valence-electron chi connectivity index (χ4n) is 4.48. The number of likely N-dealkylation sites (N-methyl/N-ethyl adjacent to an activating group) is 2. The third-order valence-electron chi connectivity index (χ3n) is 6.73. The number of anilines is 4. The minimum atomic E-state index is -0.306. The molecule has 2 aromatic carbocycles. The molecule has 0 fully saturated rings. The van der Waals surface area contributed by atoms with Crippen molar-refractivity contribution in [1.82, 2.24) is 19.4 Å². The van der Waals surface area contributed by atoms with Crippen molar-refractivity contribution in [1.29, 1.82) is 0 Å². The van der Waals surface area contributed by atoms with Crippen LogP contribution in [0.15, 0.2) is 55.4 Å². The van der Waals surface area contributed by atoms with Crippen LogP contribution in [0, 0.1) is 6.92 Å². The van der Waals surface area contributed by atoms with Crippen LogP contribution in [0.5, 0.6) is 11.5 Å². The Bertz CT molecular complexity index is 1540. The average Bonchev–Trinajstić information content (AvgIpc) is 3.27. The Kier molecular flexibility index (Phi) is 8.59. The average molecular weight is 544 g/mol. The van der Waals surface area contributed by atoms with E-state index >= 15 is 0 Å². The first-order chi connectivity index (χ1) is 19.1. The van der Waals surface area contributed by atoms with Gasteiger partial charge in [0.15, 0.2) is 0 Å². The van der Waals surface area contributed by atoms with Crippen molar-refractivity contribution in [3.8, 4) is 22.8 Å². The van der Waals surface area contributed by atoms with Gasteiger partial charge in [0.1, 0.15) is 11.5 Å². The number of fused-ring (bicyclic) bond motifs is 1. The quantitative estimate of drug-likeness (QED) is 0.260. The molecule has 0 unspecified atom stereocenters. The maximum Gasteiger partial charge on any atom is 0.247 e. The van der Waals surface area contributed by atoms with Crippen LogP contribution in [0.4, 0.5) is 23.0 Å². The molecule has 0 aliphatic carbocycles. The number of aromatic nitrogens is 3. The smallest absolute Gasteiger partial charge is 0.247 e. The summed E-state index contributed by atoms with van der Waals surface area (Å²) in [5.41, 5.74) is 5.84. The topological polar surface area (TPSA) is 96.8 Å². The number of methoxy groups -OCH3 is 2. The minimum absolute atomic E-state index is 0.306. The predicted molar refractivity (Wildman–Crippen MR) is 162 cm³/mol. The summed E-state index contributed by atoms with van der Waals surface area (Å²) in [6.45, 7) is 7.18. The Labute approximate surface area is 235 Å². The Balaban J connectivity index is 1.74. The van der Waals surface area contributed by atoms with Gasteiger partial charge in [0.25, 0.3) is 0 Å². The van der Waals surface area contributed by atoms with Gasteiger partial charge in [-0.05, 0) is 50.9 Å². The number of nitrogens with one attached hydrogen (secondary N) is 2. The molecule has 2 N–H and O–H groups in total. The van der Waals surface area contributed by atoms with E-state index in [1.807, 2.05) is 65.4 Å². The third kappa shape index (κ3) is 6.02. The number of aryl methyl sites for hydroxylation is 2. The van der Waals surface area contributed by atoms with Gasteiger partial charge in [0.2, 0.25) is 11.9 Å². The maximum absolute atomic E-state index is 12.3. The van der Waals surface area contributed by atoms with Gasteiger partial charge in [-0.25, -0.2) is 9.97 Å². The summed E-state index contributed by atoms with van der Waals surface area (Å²) in [5.74, 6) is 1.48. The highest BCUT2D eigenvalue weighted by Gasteiger charge is 2.18. The molecule has 0 radical (unpaired) electrons. The van der Waals surface area contributed by atoms with Crippen molar-refractivity contribution in [3.05, 3.63) is 60.9 Å². The number of carbonyl (C=O) groups is 1. The van der Waals surface area contributed by atoms with E-state index in [0.29, 0.717) is 23.1 Å². The zero-order valence-corrected chi connectivity index (χ0v) is 24.2. The fraction of sp³-hybridized carbons (Fsp3) is 0.300. The zero-order chi connectivity index (χ0) is 29.0. The van der Waals surface area contributed by atoms with Crippen molar-refractivity contribution in [2.45, 2.75) is 6.92 Å². The Morgan fingerprint density at radius 3 is 2.55 bits per heavy atom. The first kappa shape index (κ1) is 28.4. The van der Waals surface area contributed by atoms with Crippen LogP contribution in [-0.4, -0.2) is 73.8 Å². The lowest BCUT2D eigenvalue weighted by molar-refractivity contribution is -0.111. The summed E-state index contributed by atoms with van der Waals surface area (Å²) >= 11 is 0. The van der Waals surface area contributed by atoms with Crippen LogP contribution in [0.3, 0.4) is 0 Å². The molecule has 2 heterocycles. The molecule has 0 atom stereocenters. The molecule has 4 rings (SSSR count). The first-order valence-electron chi connectivity index (χ1n) is 12.9. The lowest BCUT2D eigenvalue weighted by atomic mass is 10.1. The number of hydrogen-bond acceptors (Lipinski definition) is 8. The third-order valence-corrected chi connectivity index (χ3v) is 6.73. The number of amides is 1. The monoisotopic (exact) mass is 543 g/mol. The van der Waals surface area contributed by atoms with Gasteiger partial charge in [-0.1, -0.05) is 6.58 Å². The summed E-state index contributed by atoms with van der Waals surface area (Å²) < 4.78 is 13.2. The van der Waals surface area contributed by atoms with Crippen molar-refractivity contribution in [2.24, 2.45) is 7.05 Å². The first-order valence-corrected chi connectivity index (χ1v) is 12.9. The molecule has 0 bridgehead atoms. The summed E-state index contributed by atoms with van der Waals surface area (Å²) in [6.07, 6.45) is 5.10. The Morgan fingerprint density at radius 2 is 1.88 bits per heavy atom. The van der Waals surface area contributed by atoms with E-state index in [-0.39, 0.29) is 5.91 Å². The highest BCUT2D eigenvalue weighted by molar-refractivity contribution is 6.02. The van der Waals surface area contributed by atoms with E-state index in [1.165, 1.54) is 6.08 Å². The van der Waals surface area contributed by atoms with Crippen molar-refractivity contribution < 1.29 is 14.3 Å². The highest BCUT2D eigenvalue weighted by atomic mass is 16.5. The van der Waals surface area contributed by atoms with E-state index in [4.69, 9.17) is 14.5 Å². The fourth-order valence-corrected chi connectivity index (χ4v) is 4.48. The van der Waals surface area contributed by atoms with Gasteiger partial charge >= 0.3 is 0 Å². The zero-order valence-electron chi connectivity index (χ0n) is 24.2. The van der Waals surface area contributed by atoms with E-state index in [9.17, 15) is 4.79 Å². The second-order valence-corrected chi connectivity index (χ2v) is 9.87. The standard InChI is InChI=1S/C30H37N7O3/c1-9-28(38)32-23-15-24(27(40-8)16-26(23)36(5)13-12-35(3)4)33-30-31-17-19(2)29(34-30)22-18-37(6)25-14-20(39-7)10-11-21(22)25/h9-11,14-18H,1,12-13H2,2-8H3,(H,32,38)(H,31,33,34). The highest BCUT2D eigenvalue weighted by Crippen LogP contribution is 2.39. The Morgan fingerprint density at radius 1 is 1.10 bits per heavy atom. The van der Waals surface area contributed by atoms with Gasteiger partial charge in [-0.3, -0.25) is 4.79 Å². The SMILES string of the molecule is C=CC(=O)Nc1cc(Nc2ncc(C)c(-c3cn(C)c4cc(OC)ccc34)n2)c(OC)cc1N(C)CCN(C)C. The number of ether oxygens (including phenoxy) is 2. The normalized spacial score (nSPS) is 11.0. The predicted octanol–water partition coefficient (Wildman–Crippen LogP) is 4.83. The molecule has 4 aromatic rings. The molecule has 0 saturated heterocycles. The molecule has 0 spiro atoms. The van der Waals surface area contributed by atoms with Crippen molar-refractivity contribution >= 4 is 39.8 Å². The molecular formula is C30H37N7O3. The number of carbonyl (C=O) groups excluding carboxylic acids is 1. The van der Waals surface area contributed by atoms with Crippen LogP contribution >= 0.6 is 0 Å². The number of nitrogens with zero attached hydrogens (tertiary/aromatic N) is 5. The molecule has 1 amide bonds. The molecule has 10 nitrogen and oxygen atoms in total. The summed E-state index contributed by atoms with van der Waals surface area (Å²) in [6, 6.07) is 9.72. The van der Waals surface area contributed by atoms with E-state index in [2.05, 4.69) is 42.8 Å². The second-order valence-electron chi connectivity index (χ2n) is 9.87.